The number of nitrogens with two attached hydrogens (primary N) is 1. The van der Waals surface area contributed by atoms with Crippen LogP contribution < -0.4 is 5.73 Å². The fourth-order valence-electron chi connectivity index (χ4n) is 1.28. The summed E-state index contributed by atoms with van der Waals surface area (Å²) in [7, 11) is 0. The minimum Gasteiger partial charge on any atom is -0.321 e. The van der Waals surface area contributed by atoms with Gasteiger partial charge in [0.2, 0.25) is 0 Å². The van der Waals surface area contributed by atoms with E-state index in [0.29, 0.717) is 12.0 Å². The van der Waals surface area contributed by atoms with Gasteiger partial charge in [-0.05, 0) is 24.5 Å². The van der Waals surface area contributed by atoms with Crippen LogP contribution in [0.2, 0.25) is 0 Å². The SMILES string of the molecule is C=C(C)C(=O)[C@@H](N)Cc1ccccc1. The Balaban J connectivity index is 2.62. The molecule has 0 amide bonds. The predicted molar refractivity (Wildman–Crippen MR) is 57.9 cm³/mol. The number of rotatable bonds is 4. The van der Waals surface area contributed by atoms with E-state index in [-0.39, 0.29) is 5.78 Å². The van der Waals surface area contributed by atoms with Crippen LogP contribution in [0.3, 0.4) is 0 Å². The Kier molecular flexibility index (Phi) is 3.60. The predicted octanol–water partition coefficient (Wildman–Crippen LogP) is 1.70. The van der Waals surface area contributed by atoms with Crippen molar-refractivity contribution in [2.75, 3.05) is 0 Å². The molecule has 0 saturated heterocycles. The van der Waals surface area contributed by atoms with Crippen molar-refractivity contribution in [1.82, 2.24) is 0 Å². The molecule has 0 radical (unpaired) electrons. The molecule has 1 atom stereocenters. The Hall–Kier alpha value is -1.41. The molecule has 0 aromatic heterocycles. The number of Topliss-reactive ketones (excluding diaryl/α,β-unsaturated/α-hetero) is 1. The van der Waals surface area contributed by atoms with Crippen molar-refractivity contribution < 1.29 is 4.79 Å². The maximum atomic E-state index is 11.4. The highest BCUT2D eigenvalue weighted by molar-refractivity contribution is 5.98. The lowest BCUT2D eigenvalue weighted by molar-refractivity contribution is -0.116. The van der Waals surface area contributed by atoms with E-state index < -0.39 is 6.04 Å². The van der Waals surface area contributed by atoms with Crippen LogP contribution in [0, 0.1) is 0 Å². The molecule has 0 unspecified atom stereocenters. The van der Waals surface area contributed by atoms with E-state index in [0.717, 1.165) is 5.56 Å². The molecule has 0 fully saturated rings. The van der Waals surface area contributed by atoms with Crippen LogP contribution >= 0.6 is 0 Å². The molecule has 0 heterocycles. The van der Waals surface area contributed by atoms with Crippen LogP contribution in [-0.2, 0) is 11.2 Å². The van der Waals surface area contributed by atoms with Crippen molar-refractivity contribution in [2.45, 2.75) is 19.4 Å². The summed E-state index contributed by atoms with van der Waals surface area (Å²) >= 11 is 0. The maximum absolute atomic E-state index is 11.4. The standard InChI is InChI=1S/C12H15NO/c1-9(2)12(14)11(13)8-10-6-4-3-5-7-10/h3-7,11H,1,8,13H2,2H3/t11-/m0/s1. The van der Waals surface area contributed by atoms with Crippen molar-refractivity contribution in [1.29, 1.82) is 0 Å². The third kappa shape index (κ3) is 2.82. The molecule has 14 heavy (non-hydrogen) atoms. The second kappa shape index (κ2) is 4.72. The zero-order valence-electron chi connectivity index (χ0n) is 8.36. The third-order valence-corrected chi connectivity index (χ3v) is 2.06. The summed E-state index contributed by atoms with van der Waals surface area (Å²) in [5, 5.41) is 0. The number of ketones is 1. The monoisotopic (exact) mass is 189 g/mol. The lowest BCUT2D eigenvalue weighted by Crippen LogP contribution is -2.33. The van der Waals surface area contributed by atoms with Crippen molar-refractivity contribution in [3.05, 3.63) is 48.0 Å². The lowest BCUT2D eigenvalue weighted by Gasteiger charge is -2.09. The van der Waals surface area contributed by atoms with Crippen molar-refractivity contribution in [3.63, 3.8) is 0 Å². The first kappa shape index (κ1) is 10.7. The van der Waals surface area contributed by atoms with Gasteiger partial charge in [0.05, 0.1) is 6.04 Å². The number of carbonyl (C=O) groups excluding carboxylic acids is 1. The van der Waals surface area contributed by atoms with E-state index >= 15 is 0 Å². The average molecular weight is 189 g/mol. The van der Waals surface area contributed by atoms with E-state index in [9.17, 15) is 4.79 Å². The molecule has 0 aliphatic carbocycles. The smallest absolute Gasteiger partial charge is 0.174 e. The fraction of sp³-hybridized carbons (Fsp3) is 0.250. The molecule has 1 aromatic rings. The second-order valence-corrected chi connectivity index (χ2v) is 3.44. The normalized spacial score (nSPS) is 12.1. The van der Waals surface area contributed by atoms with E-state index in [1.165, 1.54) is 0 Å². The molecular formula is C12H15NO. The van der Waals surface area contributed by atoms with E-state index in [2.05, 4.69) is 6.58 Å². The minimum absolute atomic E-state index is 0.0612. The number of benzene rings is 1. The number of hydrogen-bond acceptors (Lipinski definition) is 2. The van der Waals surface area contributed by atoms with Crippen LogP contribution in [0.5, 0.6) is 0 Å². The molecule has 0 saturated carbocycles. The largest absolute Gasteiger partial charge is 0.321 e. The summed E-state index contributed by atoms with van der Waals surface area (Å²) in [4.78, 5) is 11.4. The van der Waals surface area contributed by atoms with Gasteiger partial charge in [0, 0.05) is 0 Å². The molecule has 0 spiro atoms. The van der Waals surface area contributed by atoms with Gasteiger partial charge in [-0.25, -0.2) is 0 Å². The molecule has 0 aliphatic heterocycles. The average Bonchev–Trinajstić information content (AvgIpc) is 2.18. The Morgan fingerprint density at radius 1 is 1.43 bits per heavy atom. The Labute approximate surface area is 84.4 Å². The van der Waals surface area contributed by atoms with Gasteiger partial charge in [0.1, 0.15) is 0 Å². The highest BCUT2D eigenvalue weighted by Crippen LogP contribution is 2.04. The molecule has 1 rings (SSSR count). The zero-order valence-corrected chi connectivity index (χ0v) is 8.36. The van der Waals surface area contributed by atoms with Crippen molar-refractivity contribution >= 4 is 5.78 Å². The van der Waals surface area contributed by atoms with Gasteiger partial charge >= 0.3 is 0 Å². The van der Waals surface area contributed by atoms with Gasteiger partial charge < -0.3 is 5.73 Å². The molecule has 2 heteroatoms. The Morgan fingerprint density at radius 3 is 2.50 bits per heavy atom. The quantitative estimate of drug-likeness (QED) is 0.732. The Bertz CT molecular complexity index is 329. The van der Waals surface area contributed by atoms with Crippen LogP contribution in [0.1, 0.15) is 12.5 Å². The van der Waals surface area contributed by atoms with Gasteiger partial charge in [0.15, 0.2) is 5.78 Å². The van der Waals surface area contributed by atoms with Gasteiger partial charge in [0.25, 0.3) is 0 Å². The fourth-order valence-corrected chi connectivity index (χ4v) is 1.28. The summed E-state index contributed by atoms with van der Waals surface area (Å²) in [6.07, 6.45) is 0.576. The van der Waals surface area contributed by atoms with Gasteiger partial charge in [-0.2, -0.15) is 0 Å². The highest BCUT2D eigenvalue weighted by Gasteiger charge is 2.13. The van der Waals surface area contributed by atoms with Gasteiger partial charge in [-0.15, -0.1) is 0 Å². The Morgan fingerprint density at radius 2 is 2.00 bits per heavy atom. The van der Waals surface area contributed by atoms with Crippen LogP contribution in [0.25, 0.3) is 0 Å². The lowest BCUT2D eigenvalue weighted by atomic mass is 10.0. The summed E-state index contributed by atoms with van der Waals surface area (Å²) < 4.78 is 0. The third-order valence-electron chi connectivity index (χ3n) is 2.06. The van der Waals surface area contributed by atoms with Gasteiger partial charge in [-0.3, -0.25) is 4.79 Å². The zero-order chi connectivity index (χ0) is 10.6. The van der Waals surface area contributed by atoms with Crippen LogP contribution in [0.4, 0.5) is 0 Å². The minimum atomic E-state index is -0.463. The van der Waals surface area contributed by atoms with Crippen molar-refractivity contribution in [3.8, 4) is 0 Å². The summed E-state index contributed by atoms with van der Waals surface area (Å²) in [6.45, 7) is 5.28. The van der Waals surface area contributed by atoms with Crippen molar-refractivity contribution in [2.24, 2.45) is 5.73 Å². The molecule has 1 aromatic carbocycles. The summed E-state index contributed by atoms with van der Waals surface area (Å²) in [6, 6.07) is 9.28. The summed E-state index contributed by atoms with van der Waals surface area (Å²) in [5.74, 6) is -0.0612. The molecule has 74 valence electrons. The molecule has 2 N–H and O–H groups in total. The molecule has 0 aliphatic rings. The second-order valence-electron chi connectivity index (χ2n) is 3.44. The van der Waals surface area contributed by atoms with Crippen LogP contribution in [0.15, 0.2) is 42.5 Å². The van der Waals surface area contributed by atoms with E-state index in [1.54, 1.807) is 6.92 Å². The van der Waals surface area contributed by atoms with E-state index in [1.807, 2.05) is 30.3 Å². The molecular weight excluding hydrogens is 174 g/mol. The number of hydrogen-bond donors (Lipinski definition) is 1. The van der Waals surface area contributed by atoms with E-state index in [4.69, 9.17) is 5.73 Å². The summed E-state index contributed by atoms with van der Waals surface area (Å²) in [5.41, 5.74) is 7.34. The topological polar surface area (TPSA) is 43.1 Å². The first-order valence-corrected chi connectivity index (χ1v) is 4.60. The maximum Gasteiger partial charge on any atom is 0.174 e. The molecule has 0 bridgehead atoms. The highest BCUT2D eigenvalue weighted by atomic mass is 16.1. The molecule has 2 nitrogen and oxygen atoms in total. The first-order chi connectivity index (χ1) is 6.61. The van der Waals surface area contributed by atoms with Gasteiger partial charge in [-0.1, -0.05) is 36.9 Å². The van der Waals surface area contributed by atoms with Crippen LogP contribution in [-0.4, -0.2) is 11.8 Å². The number of carbonyl (C=O) groups is 1. The first-order valence-electron chi connectivity index (χ1n) is 4.60.